The minimum atomic E-state index is -2.79. The number of nitriles is 1. The van der Waals surface area contributed by atoms with E-state index in [-0.39, 0.29) is 11.6 Å². The van der Waals surface area contributed by atoms with Crippen LogP contribution in [0.1, 0.15) is 52.9 Å². The van der Waals surface area contributed by atoms with Gasteiger partial charge in [-0.3, -0.25) is 0 Å². The molecule has 0 unspecified atom stereocenters. The van der Waals surface area contributed by atoms with Gasteiger partial charge in [-0.2, -0.15) is 5.26 Å². The van der Waals surface area contributed by atoms with Gasteiger partial charge < -0.3 is 19.0 Å². The van der Waals surface area contributed by atoms with Crippen molar-refractivity contribution in [1.82, 2.24) is 0 Å². The summed E-state index contributed by atoms with van der Waals surface area (Å²) in [4.78, 5) is 0. The zero-order valence-electron chi connectivity index (χ0n) is 20.6. The number of benzene rings is 2. The molecule has 4 rings (SSSR count). The highest BCUT2D eigenvalue weighted by Crippen LogP contribution is 2.40. The normalized spacial score (nSPS) is 22.3. The molecule has 2 fully saturated rings. The molecular formula is C28H37NO4Si. The molecule has 0 radical (unpaired) electrons. The van der Waals surface area contributed by atoms with Crippen molar-refractivity contribution < 1.29 is 19.0 Å². The summed E-state index contributed by atoms with van der Waals surface area (Å²) in [6.07, 6.45) is 3.56. The predicted octanol–water partition coefficient (Wildman–Crippen LogP) is 4.14. The maximum atomic E-state index is 11.2. The maximum absolute atomic E-state index is 11.2. The molecule has 1 spiro atoms. The Hall–Kier alpha value is -2.01. The van der Waals surface area contributed by atoms with Crippen LogP contribution in [0.5, 0.6) is 0 Å². The van der Waals surface area contributed by atoms with Crippen LogP contribution >= 0.6 is 0 Å². The molecular weight excluding hydrogens is 442 g/mol. The number of rotatable bonds is 7. The summed E-state index contributed by atoms with van der Waals surface area (Å²) in [7, 11) is -2.79. The Labute approximate surface area is 204 Å². The lowest BCUT2D eigenvalue weighted by Crippen LogP contribution is -2.67. The van der Waals surface area contributed by atoms with Crippen LogP contribution in [-0.2, 0) is 13.9 Å². The molecule has 182 valence electrons. The first kappa shape index (κ1) is 25.1. The Bertz CT molecular complexity index is 924. The first-order chi connectivity index (χ1) is 16.3. The summed E-state index contributed by atoms with van der Waals surface area (Å²) in [6.45, 7) is 7.07. The van der Waals surface area contributed by atoms with E-state index in [0.29, 0.717) is 6.61 Å². The molecule has 0 amide bonds. The first-order valence-corrected chi connectivity index (χ1v) is 14.4. The number of nitrogens with zero attached hydrogens (tertiary/aromatic N) is 1. The summed E-state index contributed by atoms with van der Waals surface area (Å²) >= 11 is 0. The standard InChI is InChI=1S/C28H37NO4Si/c1-27(2,3)34(23-13-7-4-8-14-23,24-15-9-5-10-16-24)32-20-22(19-29)26(30)25-21-31-28(33-25)17-11-6-12-18-28/h4-5,7-10,13-16,22,25-26,30H,6,11-12,17-18,20-21H2,1-3H3/t22-,25-,26-/m1/s1. The molecule has 6 heteroatoms. The van der Waals surface area contributed by atoms with Crippen LogP contribution in [0.2, 0.25) is 5.04 Å². The Morgan fingerprint density at radius 1 is 1.03 bits per heavy atom. The molecule has 1 aliphatic carbocycles. The molecule has 1 heterocycles. The number of hydrogen-bond donors (Lipinski definition) is 1. The van der Waals surface area contributed by atoms with Gasteiger partial charge >= 0.3 is 0 Å². The number of aliphatic hydroxyl groups is 1. The lowest BCUT2D eigenvalue weighted by Gasteiger charge is -2.43. The first-order valence-electron chi connectivity index (χ1n) is 12.5. The SMILES string of the molecule is CC(C)(C)[Si](OC[C@@H](C#N)[C@@H](O)[C@H]1COC2(CCCCC2)O1)(c1ccccc1)c1ccccc1. The van der Waals surface area contributed by atoms with E-state index in [9.17, 15) is 10.4 Å². The molecule has 0 aromatic heterocycles. The monoisotopic (exact) mass is 479 g/mol. The van der Waals surface area contributed by atoms with E-state index in [0.717, 1.165) is 36.1 Å². The zero-order chi connectivity index (χ0) is 24.2. The summed E-state index contributed by atoms with van der Waals surface area (Å²) in [5, 5.41) is 23.3. The minimum absolute atomic E-state index is 0.137. The van der Waals surface area contributed by atoms with Crippen molar-refractivity contribution in [2.45, 2.75) is 75.9 Å². The molecule has 3 atom stereocenters. The van der Waals surface area contributed by atoms with Gasteiger partial charge in [-0.1, -0.05) is 87.9 Å². The van der Waals surface area contributed by atoms with Gasteiger partial charge in [0.15, 0.2) is 5.79 Å². The average Bonchev–Trinajstić information content (AvgIpc) is 3.25. The van der Waals surface area contributed by atoms with E-state index >= 15 is 0 Å². The van der Waals surface area contributed by atoms with Crippen LogP contribution in [0.25, 0.3) is 0 Å². The number of ether oxygens (including phenoxy) is 2. The largest absolute Gasteiger partial charge is 0.406 e. The molecule has 5 nitrogen and oxygen atoms in total. The third kappa shape index (κ3) is 4.86. The van der Waals surface area contributed by atoms with Gasteiger partial charge in [-0.25, -0.2) is 0 Å². The highest BCUT2D eigenvalue weighted by molar-refractivity contribution is 6.99. The van der Waals surface area contributed by atoms with Crippen LogP contribution in [0.15, 0.2) is 60.7 Å². The Morgan fingerprint density at radius 3 is 2.09 bits per heavy atom. The predicted molar refractivity (Wildman–Crippen MR) is 135 cm³/mol. The zero-order valence-corrected chi connectivity index (χ0v) is 21.6. The average molecular weight is 480 g/mol. The third-order valence-electron chi connectivity index (χ3n) is 7.35. The van der Waals surface area contributed by atoms with Crippen molar-refractivity contribution in [2.75, 3.05) is 13.2 Å². The van der Waals surface area contributed by atoms with E-state index in [1.165, 1.54) is 6.42 Å². The van der Waals surface area contributed by atoms with Gasteiger partial charge in [-0.15, -0.1) is 0 Å². The highest BCUT2D eigenvalue weighted by Gasteiger charge is 2.51. The lowest BCUT2D eigenvalue weighted by molar-refractivity contribution is -0.197. The van der Waals surface area contributed by atoms with Crippen LogP contribution in [0, 0.1) is 17.2 Å². The van der Waals surface area contributed by atoms with Gasteiger partial charge in [-0.05, 0) is 28.3 Å². The molecule has 1 N–H and O–H groups in total. The van der Waals surface area contributed by atoms with Gasteiger partial charge in [0.05, 0.1) is 25.2 Å². The molecule has 0 bridgehead atoms. The third-order valence-corrected chi connectivity index (χ3v) is 12.4. The molecule has 1 saturated heterocycles. The molecule has 2 aromatic carbocycles. The topological polar surface area (TPSA) is 71.7 Å². The quantitative estimate of drug-likeness (QED) is 0.605. The van der Waals surface area contributed by atoms with Crippen molar-refractivity contribution in [1.29, 1.82) is 5.26 Å². The summed E-state index contributed by atoms with van der Waals surface area (Å²) in [5.74, 6) is -1.29. The smallest absolute Gasteiger partial charge is 0.261 e. The highest BCUT2D eigenvalue weighted by atomic mass is 28.4. The fourth-order valence-corrected chi connectivity index (χ4v) is 10.1. The van der Waals surface area contributed by atoms with E-state index in [4.69, 9.17) is 13.9 Å². The van der Waals surface area contributed by atoms with Crippen LogP contribution in [0.3, 0.4) is 0 Å². The molecule has 1 aliphatic heterocycles. The maximum Gasteiger partial charge on any atom is 0.261 e. The number of hydrogen-bond acceptors (Lipinski definition) is 5. The van der Waals surface area contributed by atoms with Crippen molar-refractivity contribution >= 4 is 18.7 Å². The Morgan fingerprint density at radius 2 is 1.59 bits per heavy atom. The van der Waals surface area contributed by atoms with Gasteiger partial charge in [0.1, 0.15) is 12.2 Å². The van der Waals surface area contributed by atoms with E-state index in [2.05, 4.69) is 51.1 Å². The van der Waals surface area contributed by atoms with E-state index < -0.39 is 32.2 Å². The fraction of sp³-hybridized carbons (Fsp3) is 0.536. The summed E-state index contributed by atoms with van der Waals surface area (Å²) < 4.78 is 19.2. The van der Waals surface area contributed by atoms with Crippen LogP contribution in [-0.4, -0.2) is 44.6 Å². The van der Waals surface area contributed by atoms with E-state index in [1.54, 1.807) is 0 Å². The molecule has 1 saturated carbocycles. The molecule has 34 heavy (non-hydrogen) atoms. The van der Waals surface area contributed by atoms with Crippen molar-refractivity contribution in [2.24, 2.45) is 5.92 Å². The Balaban J connectivity index is 1.59. The van der Waals surface area contributed by atoms with Gasteiger partial charge in [0.25, 0.3) is 8.32 Å². The van der Waals surface area contributed by atoms with Gasteiger partial charge in [0.2, 0.25) is 0 Å². The summed E-state index contributed by atoms with van der Waals surface area (Å²) in [6, 6.07) is 23.0. The van der Waals surface area contributed by atoms with Crippen LogP contribution < -0.4 is 10.4 Å². The second kappa shape index (κ2) is 10.3. The fourth-order valence-electron chi connectivity index (χ4n) is 5.55. The van der Waals surface area contributed by atoms with Gasteiger partial charge in [0, 0.05) is 12.8 Å². The second-order valence-electron chi connectivity index (χ2n) is 10.6. The Kier molecular flexibility index (Phi) is 7.61. The second-order valence-corrected chi connectivity index (χ2v) is 14.9. The number of aliphatic hydroxyl groups excluding tert-OH is 1. The molecule has 2 aromatic rings. The van der Waals surface area contributed by atoms with Crippen molar-refractivity contribution in [3.63, 3.8) is 0 Å². The minimum Gasteiger partial charge on any atom is -0.406 e. The lowest BCUT2D eigenvalue weighted by atomic mass is 9.94. The van der Waals surface area contributed by atoms with Crippen molar-refractivity contribution in [3.8, 4) is 6.07 Å². The summed E-state index contributed by atoms with van der Waals surface area (Å²) in [5.41, 5.74) is 0. The van der Waals surface area contributed by atoms with E-state index in [1.807, 2.05) is 36.4 Å². The van der Waals surface area contributed by atoms with Crippen LogP contribution in [0.4, 0.5) is 0 Å². The molecule has 2 aliphatic rings. The van der Waals surface area contributed by atoms with Crippen molar-refractivity contribution in [3.05, 3.63) is 60.7 Å².